The molecule has 1 aromatic rings. The fraction of sp³-hybridized carbons (Fsp3) is 0.467. The molecule has 108 valence electrons. The number of rotatable bonds is 2. The van der Waals surface area contributed by atoms with Crippen molar-refractivity contribution in [2.75, 3.05) is 13.1 Å². The number of ketones is 1. The molecule has 0 atom stereocenters. The number of halogens is 1. The van der Waals surface area contributed by atoms with Crippen molar-refractivity contribution in [1.29, 1.82) is 0 Å². The van der Waals surface area contributed by atoms with Gasteiger partial charge in [-0.3, -0.25) is 4.79 Å². The zero-order chi connectivity index (χ0) is 14.9. The molecule has 1 amide bonds. The van der Waals surface area contributed by atoms with Crippen LogP contribution in [0.4, 0.5) is 4.79 Å². The van der Waals surface area contributed by atoms with Crippen molar-refractivity contribution in [2.24, 2.45) is 5.92 Å². The van der Waals surface area contributed by atoms with E-state index in [1.165, 1.54) is 0 Å². The number of amides is 1. The molecule has 20 heavy (non-hydrogen) atoms. The lowest BCUT2D eigenvalue weighted by atomic mass is 9.91. The summed E-state index contributed by atoms with van der Waals surface area (Å²) in [6, 6.07) is 7.28. The van der Waals surface area contributed by atoms with Gasteiger partial charge >= 0.3 is 6.09 Å². The molecule has 1 fully saturated rings. The highest BCUT2D eigenvalue weighted by atomic mass is 79.9. The lowest BCUT2D eigenvalue weighted by molar-refractivity contribution is 0.00149. The molecule has 0 saturated carbocycles. The summed E-state index contributed by atoms with van der Waals surface area (Å²) in [5, 5.41) is 0. The Bertz CT molecular complexity index is 513. The number of benzene rings is 1. The molecule has 0 bridgehead atoms. The fourth-order valence-corrected chi connectivity index (χ4v) is 2.23. The van der Waals surface area contributed by atoms with Crippen LogP contribution in [0.2, 0.25) is 0 Å². The van der Waals surface area contributed by atoms with Crippen molar-refractivity contribution in [3.8, 4) is 0 Å². The lowest BCUT2D eigenvalue weighted by Crippen LogP contribution is -2.54. The van der Waals surface area contributed by atoms with E-state index in [9.17, 15) is 9.59 Å². The highest BCUT2D eigenvalue weighted by molar-refractivity contribution is 9.10. The Morgan fingerprint density at radius 3 is 2.25 bits per heavy atom. The summed E-state index contributed by atoms with van der Waals surface area (Å²) in [5.74, 6) is -0.0407. The van der Waals surface area contributed by atoms with Gasteiger partial charge in [0.2, 0.25) is 0 Å². The van der Waals surface area contributed by atoms with Crippen LogP contribution in [0.15, 0.2) is 28.7 Å². The number of nitrogens with zero attached hydrogens (tertiary/aromatic N) is 1. The van der Waals surface area contributed by atoms with Gasteiger partial charge in [0.15, 0.2) is 5.78 Å². The largest absolute Gasteiger partial charge is 0.444 e. The van der Waals surface area contributed by atoms with Crippen LogP contribution in [0.3, 0.4) is 0 Å². The number of hydrogen-bond donors (Lipinski definition) is 0. The Morgan fingerprint density at radius 1 is 1.20 bits per heavy atom. The quantitative estimate of drug-likeness (QED) is 0.774. The minimum absolute atomic E-state index is 0.0808. The Labute approximate surface area is 127 Å². The average molecular weight is 340 g/mol. The maximum Gasteiger partial charge on any atom is 0.410 e. The summed E-state index contributed by atoms with van der Waals surface area (Å²) < 4.78 is 6.20. The Morgan fingerprint density at radius 2 is 1.75 bits per heavy atom. The van der Waals surface area contributed by atoms with Crippen molar-refractivity contribution >= 4 is 27.8 Å². The van der Waals surface area contributed by atoms with Gasteiger partial charge in [-0.2, -0.15) is 0 Å². The molecule has 1 saturated heterocycles. The van der Waals surface area contributed by atoms with Gasteiger partial charge in [0.25, 0.3) is 0 Å². The second kappa shape index (κ2) is 5.56. The SMILES string of the molecule is CC(C)(C)OC(=O)N1CC(C(=O)c2ccc(Br)cc2)C1. The van der Waals surface area contributed by atoms with Crippen molar-refractivity contribution in [3.05, 3.63) is 34.3 Å². The molecular weight excluding hydrogens is 322 g/mol. The number of Topliss-reactive ketones (excluding diaryl/α,β-unsaturated/α-hetero) is 1. The molecule has 4 nitrogen and oxygen atoms in total. The van der Waals surface area contributed by atoms with E-state index < -0.39 is 5.60 Å². The van der Waals surface area contributed by atoms with E-state index in [4.69, 9.17) is 4.74 Å². The van der Waals surface area contributed by atoms with Crippen LogP contribution in [0.1, 0.15) is 31.1 Å². The molecule has 1 aliphatic rings. The van der Waals surface area contributed by atoms with Gasteiger partial charge < -0.3 is 9.64 Å². The van der Waals surface area contributed by atoms with Gasteiger partial charge in [0, 0.05) is 23.1 Å². The van der Waals surface area contributed by atoms with Gasteiger partial charge in [-0.05, 0) is 32.9 Å². The van der Waals surface area contributed by atoms with Gasteiger partial charge in [-0.1, -0.05) is 28.1 Å². The maximum atomic E-state index is 12.2. The highest BCUT2D eigenvalue weighted by Gasteiger charge is 2.37. The van der Waals surface area contributed by atoms with Crippen molar-refractivity contribution < 1.29 is 14.3 Å². The zero-order valence-corrected chi connectivity index (χ0v) is 13.4. The van der Waals surface area contributed by atoms with Gasteiger partial charge in [0.05, 0.1) is 5.92 Å². The van der Waals surface area contributed by atoms with Crippen molar-refractivity contribution in [1.82, 2.24) is 4.90 Å². The zero-order valence-electron chi connectivity index (χ0n) is 11.9. The number of likely N-dealkylation sites (tertiary alicyclic amines) is 1. The van der Waals surface area contributed by atoms with Crippen LogP contribution in [-0.2, 0) is 4.74 Å². The molecule has 0 spiro atoms. The topological polar surface area (TPSA) is 46.6 Å². The minimum Gasteiger partial charge on any atom is -0.444 e. The second-order valence-corrected chi connectivity index (χ2v) is 6.87. The first-order valence-corrected chi connectivity index (χ1v) is 7.33. The number of carbonyl (C=O) groups is 2. The number of hydrogen-bond acceptors (Lipinski definition) is 3. The first-order valence-electron chi connectivity index (χ1n) is 6.54. The average Bonchev–Trinajstić information content (AvgIpc) is 2.25. The summed E-state index contributed by atoms with van der Waals surface area (Å²) in [7, 11) is 0. The summed E-state index contributed by atoms with van der Waals surface area (Å²) in [6.07, 6.45) is -0.350. The minimum atomic E-state index is -0.502. The predicted octanol–water partition coefficient (Wildman–Crippen LogP) is 3.50. The van der Waals surface area contributed by atoms with Crippen LogP contribution in [-0.4, -0.2) is 35.5 Å². The first kappa shape index (κ1) is 15.0. The lowest BCUT2D eigenvalue weighted by Gasteiger charge is -2.38. The molecular formula is C15H18BrNO3. The summed E-state index contributed by atoms with van der Waals surface area (Å²) >= 11 is 3.34. The van der Waals surface area contributed by atoms with E-state index in [0.29, 0.717) is 18.7 Å². The van der Waals surface area contributed by atoms with Crippen LogP contribution >= 0.6 is 15.9 Å². The smallest absolute Gasteiger partial charge is 0.410 e. The summed E-state index contributed by atoms with van der Waals surface area (Å²) in [5.41, 5.74) is 0.180. The predicted molar refractivity (Wildman–Crippen MR) is 79.8 cm³/mol. The van der Waals surface area contributed by atoms with E-state index in [1.54, 1.807) is 17.0 Å². The Hall–Kier alpha value is -1.36. The van der Waals surface area contributed by atoms with E-state index in [0.717, 1.165) is 4.47 Å². The monoisotopic (exact) mass is 339 g/mol. The third-order valence-corrected chi connectivity index (χ3v) is 3.56. The van der Waals surface area contributed by atoms with Crippen LogP contribution in [0.5, 0.6) is 0 Å². The Balaban J connectivity index is 1.88. The standard InChI is InChI=1S/C15H18BrNO3/c1-15(2,3)20-14(19)17-8-11(9-17)13(18)10-4-6-12(16)7-5-10/h4-7,11H,8-9H2,1-3H3. The second-order valence-electron chi connectivity index (χ2n) is 5.95. The molecule has 0 aliphatic carbocycles. The van der Waals surface area contributed by atoms with Crippen LogP contribution < -0.4 is 0 Å². The summed E-state index contributed by atoms with van der Waals surface area (Å²) in [4.78, 5) is 25.5. The molecule has 5 heteroatoms. The molecule has 0 radical (unpaired) electrons. The number of ether oxygens (including phenoxy) is 1. The van der Waals surface area contributed by atoms with Crippen LogP contribution in [0, 0.1) is 5.92 Å². The van der Waals surface area contributed by atoms with Gasteiger partial charge in [-0.25, -0.2) is 4.79 Å². The van der Waals surface area contributed by atoms with E-state index in [-0.39, 0.29) is 17.8 Å². The molecule has 1 aromatic carbocycles. The molecule has 0 unspecified atom stereocenters. The Kier molecular flexibility index (Phi) is 4.18. The van der Waals surface area contributed by atoms with Crippen molar-refractivity contribution in [2.45, 2.75) is 26.4 Å². The maximum absolute atomic E-state index is 12.2. The van der Waals surface area contributed by atoms with E-state index in [2.05, 4.69) is 15.9 Å². The van der Waals surface area contributed by atoms with Crippen LogP contribution in [0.25, 0.3) is 0 Å². The third-order valence-electron chi connectivity index (χ3n) is 3.03. The molecule has 2 rings (SSSR count). The molecule has 0 aromatic heterocycles. The fourth-order valence-electron chi connectivity index (χ4n) is 1.97. The number of carbonyl (C=O) groups excluding carboxylic acids is 2. The summed E-state index contributed by atoms with van der Waals surface area (Å²) in [6.45, 7) is 6.35. The van der Waals surface area contributed by atoms with Crippen molar-refractivity contribution in [3.63, 3.8) is 0 Å². The molecule has 0 N–H and O–H groups in total. The van der Waals surface area contributed by atoms with Gasteiger partial charge in [-0.15, -0.1) is 0 Å². The van der Waals surface area contributed by atoms with E-state index >= 15 is 0 Å². The van der Waals surface area contributed by atoms with Gasteiger partial charge in [0.1, 0.15) is 5.60 Å². The molecule has 1 heterocycles. The highest BCUT2D eigenvalue weighted by Crippen LogP contribution is 2.23. The van der Waals surface area contributed by atoms with E-state index in [1.807, 2.05) is 32.9 Å². The first-order chi connectivity index (χ1) is 9.26. The third kappa shape index (κ3) is 3.60. The normalized spacial score (nSPS) is 15.7. The molecule has 1 aliphatic heterocycles.